The van der Waals surface area contributed by atoms with Crippen LogP contribution in [0.2, 0.25) is 0 Å². The molecule has 2 aliphatic rings. The van der Waals surface area contributed by atoms with E-state index in [-0.39, 0.29) is 17.5 Å². The third-order valence-electron chi connectivity index (χ3n) is 5.14. The second-order valence-electron chi connectivity index (χ2n) is 6.70. The number of fused-ring (bicyclic) bond motifs is 1. The van der Waals surface area contributed by atoms with Crippen LogP contribution >= 0.6 is 0 Å². The number of amides is 1. The summed E-state index contributed by atoms with van der Waals surface area (Å²) >= 11 is 0. The van der Waals surface area contributed by atoms with Gasteiger partial charge in [0.2, 0.25) is 5.91 Å². The molecule has 0 spiro atoms. The topological polar surface area (TPSA) is 60.1 Å². The Balaban J connectivity index is 1.49. The van der Waals surface area contributed by atoms with Gasteiger partial charge in [0.15, 0.2) is 0 Å². The van der Waals surface area contributed by atoms with E-state index in [1.54, 1.807) is 4.57 Å². The Kier molecular flexibility index (Phi) is 3.96. The van der Waals surface area contributed by atoms with Gasteiger partial charge in [0.05, 0.1) is 6.54 Å². The standard InChI is InChI=1S/C18H22N4O2/c23-17(15-7-4-8-15)20-10-9-16-19-22(18(24)21(16)12-11-20)13-14-5-2-1-3-6-14/h1-3,5-6,15H,4,7-13H2. The monoisotopic (exact) mass is 326 g/mol. The van der Waals surface area contributed by atoms with Gasteiger partial charge in [0, 0.05) is 32.0 Å². The van der Waals surface area contributed by atoms with Crippen LogP contribution in [-0.2, 0) is 24.3 Å². The van der Waals surface area contributed by atoms with Crippen molar-refractivity contribution in [1.29, 1.82) is 0 Å². The van der Waals surface area contributed by atoms with Crippen molar-refractivity contribution in [2.24, 2.45) is 5.92 Å². The van der Waals surface area contributed by atoms with Crippen molar-refractivity contribution in [3.8, 4) is 0 Å². The maximum absolute atomic E-state index is 12.6. The fraction of sp³-hybridized carbons (Fsp3) is 0.500. The lowest BCUT2D eigenvalue weighted by Gasteiger charge is -2.30. The molecule has 0 bridgehead atoms. The maximum atomic E-state index is 12.6. The van der Waals surface area contributed by atoms with E-state index in [9.17, 15) is 9.59 Å². The first-order chi connectivity index (χ1) is 11.7. The Morgan fingerprint density at radius 1 is 1.12 bits per heavy atom. The normalized spacial score (nSPS) is 17.9. The molecule has 1 amide bonds. The van der Waals surface area contributed by atoms with Gasteiger partial charge >= 0.3 is 5.69 Å². The second kappa shape index (κ2) is 6.26. The first-order valence-corrected chi connectivity index (χ1v) is 8.71. The highest BCUT2D eigenvalue weighted by molar-refractivity contribution is 5.79. The number of benzene rings is 1. The van der Waals surface area contributed by atoms with Crippen molar-refractivity contribution >= 4 is 5.91 Å². The van der Waals surface area contributed by atoms with E-state index in [1.807, 2.05) is 35.2 Å². The summed E-state index contributed by atoms with van der Waals surface area (Å²) in [7, 11) is 0. The molecule has 0 atom stereocenters. The van der Waals surface area contributed by atoms with Crippen LogP contribution in [0.1, 0.15) is 30.7 Å². The van der Waals surface area contributed by atoms with Gasteiger partial charge in [-0.2, -0.15) is 5.10 Å². The van der Waals surface area contributed by atoms with Crippen molar-refractivity contribution in [2.45, 2.75) is 38.8 Å². The Morgan fingerprint density at radius 2 is 1.92 bits per heavy atom. The van der Waals surface area contributed by atoms with E-state index in [1.165, 1.54) is 4.68 Å². The van der Waals surface area contributed by atoms with Crippen molar-refractivity contribution in [2.75, 3.05) is 13.1 Å². The van der Waals surface area contributed by atoms with E-state index < -0.39 is 0 Å². The molecule has 2 aromatic rings. The van der Waals surface area contributed by atoms with Crippen LogP contribution in [0.4, 0.5) is 0 Å². The van der Waals surface area contributed by atoms with Gasteiger partial charge in [-0.05, 0) is 18.4 Å². The van der Waals surface area contributed by atoms with Crippen molar-refractivity contribution in [1.82, 2.24) is 19.2 Å². The largest absolute Gasteiger partial charge is 0.346 e. The minimum absolute atomic E-state index is 0.0770. The molecule has 1 fully saturated rings. The third kappa shape index (κ3) is 2.77. The molecule has 1 aliphatic heterocycles. The molecule has 4 rings (SSSR count). The number of nitrogens with zero attached hydrogens (tertiary/aromatic N) is 4. The number of hydrogen-bond acceptors (Lipinski definition) is 3. The van der Waals surface area contributed by atoms with Crippen LogP contribution in [0.3, 0.4) is 0 Å². The van der Waals surface area contributed by atoms with E-state index in [0.717, 1.165) is 30.7 Å². The lowest BCUT2D eigenvalue weighted by Crippen LogP contribution is -2.41. The zero-order chi connectivity index (χ0) is 16.5. The zero-order valence-corrected chi connectivity index (χ0v) is 13.7. The van der Waals surface area contributed by atoms with E-state index in [2.05, 4.69) is 5.10 Å². The highest BCUT2D eigenvalue weighted by Gasteiger charge is 2.31. The van der Waals surface area contributed by atoms with Crippen LogP contribution in [0.5, 0.6) is 0 Å². The van der Waals surface area contributed by atoms with Crippen LogP contribution in [0.25, 0.3) is 0 Å². The number of aromatic nitrogens is 3. The molecule has 1 aliphatic carbocycles. The van der Waals surface area contributed by atoms with Crippen LogP contribution in [-0.4, -0.2) is 38.2 Å². The summed E-state index contributed by atoms with van der Waals surface area (Å²) in [5, 5.41) is 4.51. The summed E-state index contributed by atoms with van der Waals surface area (Å²) in [5.74, 6) is 1.27. The lowest BCUT2D eigenvalue weighted by atomic mass is 9.84. The molecule has 0 unspecified atom stereocenters. The van der Waals surface area contributed by atoms with Gasteiger partial charge in [-0.3, -0.25) is 9.36 Å². The Hall–Kier alpha value is -2.37. The third-order valence-corrected chi connectivity index (χ3v) is 5.14. The van der Waals surface area contributed by atoms with Crippen molar-refractivity contribution in [3.05, 3.63) is 52.2 Å². The SMILES string of the molecule is O=C(C1CCC1)N1CCc2nn(Cc3ccccc3)c(=O)n2CC1. The molecular weight excluding hydrogens is 304 g/mol. The van der Waals surface area contributed by atoms with Gasteiger partial charge in [-0.25, -0.2) is 9.48 Å². The van der Waals surface area contributed by atoms with Gasteiger partial charge in [0.1, 0.15) is 5.82 Å². The maximum Gasteiger partial charge on any atom is 0.346 e. The van der Waals surface area contributed by atoms with Crippen LogP contribution in [0.15, 0.2) is 35.1 Å². The zero-order valence-electron chi connectivity index (χ0n) is 13.7. The second-order valence-corrected chi connectivity index (χ2v) is 6.70. The quantitative estimate of drug-likeness (QED) is 0.854. The molecule has 24 heavy (non-hydrogen) atoms. The molecule has 1 aromatic heterocycles. The first kappa shape index (κ1) is 15.2. The summed E-state index contributed by atoms with van der Waals surface area (Å²) < 4.78 is 3.27. The van der Waals surface area contributed by atoms with Crippen molar-refractivity contribution < 1.29 is 4.79 Å². The van der Waals surface area contributed by atoms with Gasteiger partial charge in [-0.15, -0.1) is 0 Å². The van der Waals surface area contributed by atoms with Gasteiger partial charge < -0.3 is 4.90 Å². The van der Waals surface area contributed by atoms with E-state index >= 15 is 0 Å². The summed E-state index contributed by atoms with van der Waals surface area (Å²) in [6.07, 6.45) is 3.85. The molecule has 0 N–H and O–H groups in total. The minimum atomic E-state index is -0.0770. The highest BCUT2D eigenvalue weighted by Crippen LogP contribution is 2.28. The molecule has 0 radical (unpaired) electrons. The van der Waals surface area contributed by atoms with Gasteiger partial charge in [0.25, 0.3) is 0 Å². The summed E-state index contributed by atoms with van der Waals surface area (Å²) in [6, 6.07) is 9.88. The number of carbonyl (C=O) groups is 1. The average Bonchev–Trinajstić information content (AvgIpc) is 2.72. The fourth-order valence-electron chi connectivity index (χ4n) is 3.46. The summed E-state index contributed by atoms with van der Waals surface area (Å²) in [4.78, 5) is 26.9. The highest BCUT2D eigenvalue weighted by atomic mass is 16.2. The Labute approximate surface area is 140 Å². The Bertz CT molecular complexity index is 789. The predicted molar refractivity (Wildman–Crippen MR) is 89.7 cm³/mol. The number of carbonyl (C=O) groups excluding carboxylic acids is 1. The van der Waals surface area contributed by atoms with E-state index in [0.29, 0.717) is 32.6 Å². The predicted octanol–water partition coefficient (Wildman–Crippen LogP) is 1.28. The first-order valence-electron chi connectivity index (χ1n) is 8.71. The van der Waals surface area contributed by atoms with Crippen LogP contribution < -0.4 is 5.69 Å². The molecule has 6 nitrogen and oxygen atoms in total. The smallest absolute Gasteiger partial charge is 0.340 e. The molecule has 1 saturated carbocycles. The average molecular weight is 326 g/mol. The van der Waals surface area contributed by atoms with E-state index in [4.69, 9.17) is 0 Å². The lowest BCUT2D eigenvalue weighted by molar-refractivity contribution is -0.138. The summed E-state index contributed by atoms with van der Waals surface area (Å²) in [6.45, 7) is 2.31. The number of hydrogen-bond donors (Lipinski definition) is 0. The Morgan fingerprint density at radius 3 is 2.62 bits per heavy atom. The van der Waals surface area contributed by atoms with Crippen molar-refractivity contribution in [3.63, 3.8) is 0 Å². The summed E-state index contributed by atoms with van der Waals surface area (Å²) in [5.41, 5.74) is 0.987. The molecule has 1 aromatic carbocycles. The fourth-order valence-corrected chi connectivity index (χ4v) is 3.46. The minimum Gasteiger partial charge on any atom is -0.340 e. The van der Waals surface area contributed by atoms with Crippen LogP contribution in [0, 0.1) is 5.92 Å². The molecule has 6 heteroatoms. The van der Waals surface area contributed by atoms with Gasteiger partial charge in [-0.1, -0.05) is 36.8 Å². The molecule has 2 heterocycles. The molecular formula is C18H22N4O2. The number of rotatable bonds is 3. The molecule has 0 saturated heterocycles. The molecule has 126 valence electrons.